The minimum absolute atomic E-state index is 0.103. The molecule has 2 N–H and O–H groups in total. The fourth-order valence-electron chi connectivity index (χ4n) is 4.93. The van der Waals surface area contributed by atoms with Crippen molar-refractivity contribution in [2.45, 2.75) is 76.9 Å². The van der Waals surface area contributed by atoms with Crippen LogP contribution in [0.15, 0.2) is 24.3 Å². The highest BCUT2D eigenvalue weighted by atomic mass is 35.5. The van der Waals surface area contributed by atoms with Gasteiger partial charge in [0.1, 0.15) is 5.82 Å². The van der Waals surface area contributed by atoms with Crippen LogP contribution < -0.4 is 10.6 Å². The van der Waals surface area contributed by atoms with Crippen molar-refractivity contribution >= 4 is 17.4 Å². The molecule has 144 valence electrons. The summed E-state index contributed by atoms with van der Waals surface area (Å²) in [5, 5.41) is 8.26. The molecule has 0 spiro atoms. The lowest BCUT2D eigenvalue weighted by atomic mass is 9.79. The predicted octanol–water partition coefficient (Wildman–Crippen LogP) is 5.01. The minimum Gasteiger partial charge on any atom is -0.367 e. The van der Waals surface area contributed by atoms with Gasteiger partial charge in [0.25, 0.3) is 0 Å². The van der Waals surface area contributed by atoms with Crippen molar-refractivity contribution in [3.8, 4) is 11.4 Å². The van der Waals surface area contributed by atoms with E-state index in [9.17, 15) is 0 Å². The van der Waals surface area contributed by atoms with Crippen molar-refractivity contribution in [3.05, 3.63) is 40.5 Å². The van der Waals surface area contributed by atoms with Crippen LogP contribution in [0.2, 0.25) is 5.02 Å². The summed E-state index contributed by atoms with van der Waals surface area (Å²) < 4.78 is 0. The van der Waals surface area contributed by atoms with Crippen LogP contribution >= 0.6 is 11.6 Å². The van der Waals surface area contributed by atoms with Gasteiger partial charge in [0, 0.05) is 39.0 Å². The highest BCUT2D eigenvalue weighted by Crippen LogP contribution is 2.34. The third-order valence-corrected chi connectivity index (χ3v) is 5.78. The molecule has 2 heterocycles. The standard InChI is InChI=1S/C22H29ClN4/c1-21(2)12-16(13-22(3,4)27-21)24-20-17-9-6-10-18(17)25-19(26-20)14-7-5-8-15(23)11-14/h5,7-8,11,16,27H,6,9-10,12-13H2,1-4H3,(H,24,25,26). The summed E-state index contributed by atoms with van der Waals surface area (Å²) in [4.78, 5) is 9.80. The summed E-state index contributed by atoms with van der Waals surface area (Å²) in [5.41, 5.74) is 3.67. The third-order valence-electron chi connectivity index (χ3n) is 5.55. The van der Waals surface area contributed by atoms with Crippen molar-refractivity contribution in [1.82, 2.24) is 15.3 Å². The number of nitrogens with one attached hydrogen (secondary N) is 2. The summed E-state index contributed by atoms with van der Waals surface area (Å²) in [7, 11) is 0. The van der Waals surface area contributed by atoms with E-state index in [1.165, 1.54) is 11.3 Å². The lowest BCUT2D eigenvalue weighted by Crippen LogP contribution is -2.60. The van der Waals surface area contributed by atoms with E-state index in [0.717, 1.165) is 49.3 Å². The zero-order valence-corrected chi connectivity index (χ0v) is 17.5. The molecule has 4 rings (SSSR count). The zero-order valence-electron chi connectivity index (χ0n) is 16.7. The van der Waals surface area contributed by atoms with Gasteiger partial charge in [0.15, 0.2) is 5.82 Å². The lowest BCUT2D eigenvalue weighted by Gasteiger charge is -2.46. The van der Waals surface area contributed by atoms with E-state index in [-0.39, 0.29) is 11.1 Å². The fraction of sp³-hybridized carbons (Fsp3) is 0.545. The van der Waals surface area contributed by atoms with Gasteiger partial charge in [-0.1, -0.05) is 23.7 Å². The molecule has 4 nitrogen and oxygen atoms in total. The summed E-state index contributed by atoms with van der Waals surface area (Å²) in [6, 6.07) is 8.21. The second kappa shape index (κ2) is 6.75. The summed E-state index contributed by atoms with van der Waals surface area (Å²) >= 11 is 6.19. The normalized spacial score (nSPS) is 21.1. The molecule has 27 heavy (non-hydrogen) atoms. The highest BCUT2D eigenvalue weighted by Gasteiger charge is 2.38. The average molecular weight is 385 g/mol. The van der Waals surface area contributed by atoms with E-state index in [0.29, 0.717) is 11.1 Å². The average Bonchev–Trinajstić information content (AvgIpc) is 3.00. The molecule has 1 aromatic carbocycles. The Hall–Kier alpha value is -1.65. The van der Waals surface area contributed by atoms with E-state index in [1.54, 1.807) is 0 Å². The molecular formula is C22H29ClN4. The first kappa shape index (κ1) is 18.7. The molecule has 0 amide bonds. The van der Waals surface area contributed by atoms with Crippen molar-refractivity contribution in [3.63, 3.8) is 0 Å². The smallest absolute Gasteiger partial charge is 0.161 e. The van der Waals surface area contributed by atoms with Gasteiger partial charge in [-0.15, -0.1) is 0 Å². The Morgan fingerprint density at radius 3 is 2.52 bits per heavy atom. The van der Waals surface area contributed by atoms with Crippen molar-refractivity contribution < 1.29 is 0 Å². The molecule has 2 aliphatic rings. The van der Waals surface area contributed by atoms with Gasteiger partial charge in [-0.2, -0.15) is 0 Å². The van der Waals surface area contributed by atoms with E-state index in [4.69, 9.17) is 21.6 Å². The molecule has 0 unspecified atom stereocenters. The molecule has 1 saturated heterocycles. The summed E-state index contributed by atoms with van der Waals surface area (Å²) in [6.45, 7) is 9.13. The molecule has 1 aliphatic carbocycles. The molecule has 2 aromatic rings. The summed E-state index contributed by atoms with van der Waals surface area (Å²) in [6.07, 6.45) is 5.39. The second-order valence-electron chi connectivity index (χ2n) is 9.33. The zero-order chi connectivity index (χ0) is 19.2. The number of hydrogen-bond acceptors (Lipinski definition) is 4. The molecular weight excluding hydrogens is 356 g/mol. The number of benzene rings is 1. The Kier molecular flexibility index (Phi) is 4.68. The summed E-state index contributed by atoms with van der Waals surface area (Å²) in [5.74, 6) is 1.79. The molecule has 1 aliphatic heterocycles. The van der Waals surface area contributed by atoms with Crippen LogP contribution in [0.5, 0.6) is 0 Å². The highest BCUT2D eigenvalue weighted by molar-refractivity contribution is 6.30. The quantitative estimate of drug-likeness (QED) is 0.781. The van der Waals surface area contributed by atoms with Gasteiger partial charge in [-0.25, -0.2) is 9.97 Å². The van der Waals surface area contributed by atoms with E-state index < -0.39 is 0 Å². The SMILES string of the molecule is CC1(C)CC(Nc2nc(-c3cccc(Cl)c3)nc3c2CCC3)CC(C)(C)N1. The van der Waals surface area contributed by atoms with Crippen LogP contribution in [0.4, 0.5) is 5.82 Å². The number of hydrogen-bond donors (Lipinski definition) is 2. The van der Waals surface area contributed by atoms with Gasteiger partial charge >= 0.3 is 0 Å². The first-order valence-corrected chi connectivity index (χ1v) is 10.3. The van der Waals surface area contributed by atoms with Crippen molar-refractivity contribution in [2.75, 3.05) is 5.32 Å². The number of anilines is 1. The van der Waals surface area contributed by atoms with E-state index >= 15 is 0 Å². The first-order chi connectivity index (χ1) is 12.7. The fourth-order valence-corrected chi connectivity index (χ4v) is 5.12. The third kappa shape index (κ3) is 4.12. The van der Waals surface area contributed by atoms with Crippen LogP contribution in [0.1, 0.15) is 58.2 Å². The Balaban J connectivity index is 1.68. The van der Waals surface area contributed by atoms with E-state index in [2.05, 4.69) is 38.3 Å². The van der Waals surface area contributed by atoms with Crippen LogP contribution in [-0.2, 0) is 12.8 Å². The number of rotatable bonds is 3. The minimum atomic E-state index is 0.103. The number of halogens is 1. The van der Waals surface area contributed by atoms with Crippen LogP contribution in [0, 0.1) is 0 Å². The maximum atomic E-state index is 6.19. The number of fused-ring (bicyclic) bond motifs is 1. The molecule has 5 heteroatoms. The molecule has 0 radical (unpaired) electrons. The Morgan fingerprint density at radius 2 is 1.81 bits per heavy atom. The van der Waals surface area contributed by atoms with Crippen LogP contribution in [0.3, 0.4) is 0 Å². The predicted molar refractivity (Wildman–Crippen MR) is 112 cm³/mol. The van der Waals surface area contributed by atoms with E-state index in [1.807, 2.05) is 24.3 Å². The maximum absolute atomic E-state index is 6.19. The van der Waals surface area contributed by atoms with Crippen molar-refractivity contribution in [1.29, 1.82) is 0 Å². The van der Waals surface area contributed by atoms with Gasteiger partial charge in [0.05, 0.1) is 0 Å². The Labute approximate surface area is 167 Å². The Bertz CT molecular complexity index is 843. The second-order valence-corrected chi connectivity index (χ2v) is 9.76. The van der Waals surface area contributed by atoms with Crippen LogP contribution in [-0.4, -0.2) is 27.1 Å². The number of aromatic nitrogens is 2. The topological polar surface area (TPSA) is 49.8 Å². The maximum Gasteiger partial charge on any atom is 0.161 e. The largest absolute Gasteiger partial charge is 0.367 e. The number of piperidine rings is 1. The molecule has 0 atom stereocenters. The van der Waals surface area contributed by atoms with Gasteiger partial charge < -0.3 is 10.6 Å². The van der Waals surface area contributed by atoms with Crippen LogP contribution in [0.25, 0.3) is 11.4 Å². The first-order valence-electron chi connectivity index (χ1n) is 9.92. The van der Waals surface area contributed by atoms with Gasteiger partial charge in [-0.3, -0.25) is 0 Å². The Morgan fingerprint density at radius 1 is 1.07 bits per heavy atom. The van der Waals surface area contributed by atoms with Gasteiger partial charge in [-0.05, 0) is 71.9 Å². The molecule has 0 bridgehead atoms. The number of aryl methyl sites for hydroxylation is 1. The monoisotopic (exact) mass is 384 g/mol. The number of nitrogens with zero attached hydrogens (tertiary/aromatic N) is 2. The lowest BCUT2D eigenvalue weighted by molar-refractivity contribution is 0.170. The molecule has 0 saturated carbocycles. The van der Waals surface area contributed by atoms with Crippen molar-refractivity contribution in [2.24, 2.45) is 0 Å². The molecule has 1 aromatic heterocycles. The molecule has 1 fully saturated rings. The van der Waals surface area contributed by atoms with Gasteiger partial charge in [0.2, 0.25) is 0 Å².